The normalized spacial score (nSPS) is 16.8. The van der Waals surface area contributed by atoms with Crippen molar-refractivity contribution < 1.29 is 14.5 Å². The lowest BCUT2D eigenvalue weighted by atomic mass is 10.1. The van der Waals surface area contributed by atoms with Crippen molar-refractivity contribution in [3.8, 4) is 5.75 Å². The van der Waals surface area contributed by atoms with E-state index in [2.05, 4.69) is 6.92 Å². The molecule has 1 atom stereocenters. The van der Waals surface area contributed by atoms with Gasteiger partial charge in [-0.25, -0.2) is 0 Å². The average molecular weight is 424 g/mol. The number of anilines is 1. The third-order valence-electron chi connectivity index (χ3n) is 6.43. The molecule has 0 N–H and O–H groups in total. The minimum absolute atomic E-state index is 0.0104. The molecule has 7 nitrogen and oxygen atoms in total. The van der Waals surface area contributed by atoms with E-state index in [0.717, 1.165) is 50.1 Å². The van der Waals surface area contributed by atoms with E-state index in [1.165, 1.54) is 6.07 Å². The molecule has 2 aromatic carbocycles. The topological polar surface area (TPSA) is 75.9 Å². The van der Waals surface area contributed by atoms with E-state index in [-0.39, 0.29) is 22.6 Å². The summed E-state index contributed by atoms with van der Waals surface area (Å²) in [7, 11) is 1.62. The minimum Gasteiger partial charge on any atom is -0.497 e. The zero-order chi connectivity index (χ0) is 22.0. The van der Waals surface area contributed by atoms with Crippen LogP contribution in [0, 0.1) is 16.0 Å². The van der Waals surface area contributed by atoms with E-state index in [4.69, 9.17) is 4.74 Å². The molecule has 1 amide bonds. The molecule has 2 aromatic rings. The summed E-state index contributed by atoms with van der Waals surface area (Å²) in [5.74, 6) is 1.09. The molecule has 31 heavy (non-hydrogen) atoms. The van der Waals surface area contributed by atoms with Gasteiger partial charge >= 0.3 is 0 Å². The highest BCUT2D eigenvalue weighted by Gasteiger charge is 2.35. The van der Waals surface area contributed by atoms with Crippen LogP contribution in [0.3, 0.4) is 0 Å². The molecule has 2 fully saturated rings. The number of nitro groups is 1. The van der Waals surface area contributed by atoms with Crippen LogP contribution in [0.25, 0.3) is 0 Å². The number of nitro benzene ring substituents is 1. The Bertz CT molecular complexity index is 950. The Morgan fingerprint density at radius 3 is 2.45 bits per heavy atom. The van der Waals surface area contributed by atoms with Gasteiger partial charge in [-0.2, -0.15) is 0 Å². The fourth-order valence-corrected chi connectivity index (χ4v) is 4.36. The predicted octanol–water partition coefficient (Wildman–Crippen LogP) is 4.64. The molecule has 0 spiro atoms. The van der Waals surface area contributed by atoms with Gasteiger partial charge in [-0.15, -0.1) is 0 Å². The number of nitrogens with zero attached hydrogens (tertiary/aromatic N) is 3. The molecule has 7 heteroatoms. The third kappa shape index (κ3) is 4.65. The van der Waals surface area contributed by atoms with Crippen molar-refractivity contribution in [3.05, 3.63) is 63.7 Å². The minimum atomic E-state index is -0.372. The van der Waals surface area contributed by atoms with Gasteiger partial charge in [0, 0.05) is 37.3 Å². The molecule has 1 aliphatic heterocycles. The Hall–Kier alpha value is -3.09. The highest BCUT2D eigenvalue weighted by molar-refractivity contribution is 5.96. The molecular weight excluding hydrogens is 394 g/mol. The number of amides is 1. The molecule has 1 saturated heterocycles. The number of hydrogen-bond acceptors (Lipinski definition) is 5. The highest BCUT2D eigenvalue weighted by atomic mass is 16.6. The zero-order valence-electron chi connectivity index (χ0n) is 18.1. The summed E-state index contributed by atoms with van der Waals surface area (Å²) in [5.41, 5.74) is 1.99. The van der Waals surface area contributed by atoms with Crippen molar-refractivity contribution in [3.63, 3.8) is 0 Å². The molecule has 1 heterocycles. The van der Waals surface area contributed by atoms with E-state index in [1.807, 2.05) is 34.1 Å². The van der Waals surface area contributed by atoms with Crippen molar-refractivity contribution in [1.29, 1.82) is 0 Å². The summed E-state index contributed by atoms with van der Waals surface area (Å²) in [6.45, 7) is 4.17. The first-order valence-corrected chi connectivity index (χ1v) is 10.9. The number of rotatable bonds is 8. The Kier molecular flexibility index (Phi) is 6.11. The average Bonchev–Trinajstić information content (AvgIpc) is 3.50. The summed E-state index contributed by atoms with van der Waals surface area (Å²) < 4.78 is 5.23. The lowest BCUT2D eigenvalue weighted by Gasteiger charge is -2.30. The molecule has 0 radical (unpaired) electrons. The molecule has 4 rings (SSSR count). The van der Waals surface area contributed by atoms with E-state index in [9.17, 15) is 14.9 Å². The van der Waals surface area contributed by atoms with Crippen LogP contribution in [-0.4, -0.2) is 42.0 Å². The number of methoxy groups -OCH3 is 1. The van der Waals surface area contributed by atoms with Crippen molar-refractivity contribution >= 4 is 17.3 Å². The molecule has 1 saturated carbocycles. The maximum absolute atomic E-state index is 13.5. The van der Waals surface area contributed by atoms with Crippen LogP contribution in [0.4, 0.5) is 11.4 Å². The lowest BCUT2D eigenvalue weighted by molar-refractivity contribution is -0.384. The summed E-state index contributed by atoms with van der Waals surface area (Å²) >= 11 is 0. The van der Waals surface area contributed by atoms with Crippen molar-refractivity contribution in [2.75, 3.05) is 25.1 Å². The van der Waals surface area contributed by atoms with Gasteiger partial charge in [0.15, 0.2) is 0 Å². The van der Waals surface area contributed by atoms with Crippen LogP contribution in [-0.2, 0) is 6.54 Å². The summed E-state index contributed by atoms with van der Waals surface area (Å²) in [6.07, 6.45) is 4.29. The zero-order valence-corrected chi connectivity index (χ0v) is 18.1. The van der Waals surface area contributed by atoms with Crippen LogP contribution in [0.1, 0.15) is 48.5 Å². The largest absolute Gasteiger partial charge is 0.497 e. The number of ether oxygens (including phenoxy) is 1. The van der Waals surface area contributed by atoms with Crippen LogP contribution >= 0.6 is 0 Å². The van der Waals surface area contributed by atoms with E-state index >= 15 is 0 Å². The summed E-state index contributed by atoms with van der Waals surface area (Å²) in [4.78, 5) is 28.8. The van der Waals surface area contributed by atoms with Crippen molar-refractivity contribution in [2.45, 2.75) is 45.2 Å². The quantitative estimate of drug-likeness (QED) is 0.456. The van der Waals surface area contributed by atoms with Crippen molar-refractivity contribution in [1.82, 2.24) is 4.90 Å². The molecular formula is C24H29N3O4. The molecule has 164 valence electrons. The lowest BCUT2D eigenvalue weighted by Crippen LogP contribution is -2.39. The molecule has 1 aliphatic carbocycles. The Labute approximate surface area is 182 Å². The Morgan fingerprint density at radius 1 is 1.19 bits per heavy atom. The molecule has 1 unspecified atom stereocenters. The first-order valence-electron chi connectivity index (χ1n) is 10.9. The van der Waals surface area contributed by atoms with Gasteiger partial charge in [0.2, 0.25) is 0 Å². The van der Waals surface area contributed by atoms with Gasteiger partial charge < -0.3 is 14.5 Å². The monoisotopic (exact) mass is 423 g/mol. The smallest absolute Gasteiger partial charge is 0.293 e. The molecule has 0 aromatic heterocycles. The third-order valence-corrected chi connectivity index (χ3v) is 6.43. The summed E-state index contributed by atoms with van der Waals surface area (Å²) in [5, 5.41) is 11.8. The van der Waals surface area contributed by atoms with E-state index < -0.39 is 0 Å². The van der Waals surface area contributed by atoms with Gasteiger partial charge in [0.05, 0.1) is 12.0 Å². The van der Waals surface area contributed by atoms with Gasteiger partial charge in [-0.3, -0.25) is 14.9 Å². The number of carbonyl (C=O) groups is 1. The number of carbonyl (C=O) groups excluding carboxylic acids is 1. The van der Waals surface area contributed by atoms with Crippen LogP contribution < -0.4 is 9.64 Å². The van der Waals surface area contributed by atoms with E-state index in [0.29, 0.717) is 23.7 Å². The summed E-state index contributed by atoms with van der Waals surface area (Å²) in [6, 6.07) is 12.7. The first kappa shape index (κ1) is 21.2. The Balaban J connectivity index is 1.62. The SMILES string of the molecule is COc1ccc(CN(C(=O)c2ccc(N3CCCC3)c([N+](=O)[O-])c2)C(C)C2CC2)cc1. The van der Waals surface area contributed by atoms with Crippen LogP contribution in [0.5, 0.6) is 5.75 Å². The van der Waals surface area contributed by atoms with Gasteiger partial charge in [-0.05, 0) is 68.4 Å². The predicted molar refractivity (Wildman–Crippen MR) is 120 cm³/mol. The van der Waals surface area contributed by atoms with Gasteiger partial charge in [0.1, 0.15) is 11.4 Å². The fourth-order valence-electron chi connectivity index (χ4n) is 4.36. The maximum Gasteiger partial charge on any atom is 0.293 e. The van der Waals surface area contributed by atoms with Crippen LogP contribution in [0.15, 0.2) is 42.5 Å². The standard InChI is InChI=1S/C24H29N3O4/c1-17(19-7-8-19)26(16-18-5-10-21(31-2)11-6-18)24(28)20-9-12-22(23(15-20)27(29)30)25-13-3-4-14-25/h5-6,9-12,15,17,19H,3-4,7-8,13-14,16H2,1-2H3. The first-order chi connectivity index (χ1) is 15.0. The number of hydrogen-bond donors (Lipinski definition) is 0. The molecule has 0 bridgehead atoms. The second-order valence-electron chi connectivity index (χ2n) is 8.51. The highest BCUT2D eigenvalue weighted by Crippen LogP contribution is 2.37. The van der Waals surface area contributed by atoms with Gasteiger partial charge in [0.25, 0.3) is 11.6 Å². The Morgan fingerprint density at radius 2 is 1.87 bits per heavy atom. The van der Waals surface area contributed by atoms with Gasteiger partial charge in [-0.1, -0.05) is 12.1 Å². The fraction of sp³-hybridized carbons (Fsp3) is 0.458. The second-order valence-corrected chi connectivity index (χ2v) is 8.51. The van der Waals surface area contributed by atoms with Crippen LogP contribution in [0.2, 0.25) is 0 Å². The van der Waals surface area contributed by atoms with Crippen molar-refractivity contribution in [2.24, 2.45) is 5.92 Å². The number of benzene rings is 2. The molecule has 2 aliphatic rings. The maximum atomic E-state index is 13.5. The second kappa shape index (κ2) is 8.96. The van der Waals surface area contributed by atoms with E-state index in [1.54, 1.807) is 19.2 Å².